The quantitative estimate of drug-likeness (QED) is 0.740. The fourth-order valence-electron chi connectivity index (χ4n) is 3.41. The van der Waals surface area contributed by atoms with Crippen LogP contribution < -0.4 is 10.6 Å². The molecule has 9 heteroatoms. The van der Waals surface area contributed by atoms with Gasteiger partial charge in [0.1, 0.15) is 0 Å². The van der Waals surface area contributed by atoms with Crippen LogP contribution in [0.1, 0.15) is 18.4 Å². The standard InChI is InChI=1S/C22H28N4O4S/c1-16-9-10-19(31(29,30)25(2)3)15-20(16)24-21(27)17-11-13-26(14-12-17)22(28)23-18-7-5-4-6-8-18/h4-10,15,17H,11-14H2,1-3H3,(H,23,28)(H,24,27). The van der Waals surface area contributed by atoms with E-state index in [2.05, 4.69) is 10.6 Å². The van der Waals surface area contributed by atoms with Crippen LogP contribution in [0.3, 0.4) is 0 Å². The number of piperidine rings is 1. The SMILES string of the molecule is Cc1ccc(S(=O)(=O)N(C)C)cc1NC(=O)C1CCN(C(=O)Nc2ccccc2)CC1. The van der Waals surface area contributed by atoms with Crippen molar-refractivity contribution >= 4 is 33.3 Å². The lowest BCUT2D eigenvalue weighted by Gasteiger charge is -2.31. The molecular formula is C22H28N4O4S. The molecule has 0 aliphatic carbocycles. The number of carbonyl (C=O) groups excluding carboxylic acids is 2. The van der Waals surface area contributed by atoms with Crippen LogP contribution in [0.15, 0.2) is 53.4 Å². The lowest BCUT2D eigenvalue weighted by atomic mass is 9.96. The lowest BCUT2D eigenvalue weighted by Crippen LogP contribution is -2.43. The van der Waals surface area contributed by atoms with E-state index in [1.165, 1.54) is 26.2 Å². The zero-order valence-electron chi connectivity index (χ0n) is 18.0. The molecule has 2 N–H and O–H groups in total. The van der Waals surface area contributed by atoms with E-state index >= 15 is 0 Å². The molecule has 1 aliphatic rings. The number of hydrogen-bond acceptors (Lipinski definition) is 4. The fourth-order valence-corrected chi connectivity index (χ4v) is 4.34. The minimum Gasteiger partial charge on any atom is -0.326 e. The zero-order valence-corrected chi connectivity index (χ0v) is 18.8. The van der Waals surface area contributed by atoms with Crippen LogP contribution in [0.25, 0.3) is 0 Å². The molecule has 3 amide bonds. The van der Waals surface area contributed by atoms with Crippen LogP contribution in [-0.4, -0.2) is 56.7 Å². The molecule has 0 bridgehead atoms. The van der Waals surface area contributed by atoms with Crippen molar-refractivity contribution in [1.82, 2.24) is 9.21 Å². The van der Waals surface area contributed by atoms with E-state index in [0.717, 1.165) is 15.6 Å². The second-order valence-electron chi connectivity index (χ2n) is 7.81. The molecule has 1 saturated heterocycles. The van der Waals surface area contributed by atoms with Crippen molar-refractivity contribution in [3.8, 4) is 0 Å². The topological polar surface area (TPSA) is 98.8 Å². The maximum Gasteiger partial charge on any atom is 0.321 e. The Morgan fingerprint density at radius 1 is 1.00 bits per heavy atom. The molecule has 3 rings (SSSR count). The summed E-state index contributed by atoms with van der Waals surface area (Å²) in [5.41, 5.74) is 2.00. The first-order valence-electron chi connectivity index (χ1n) is 10.1. The Balaban J connectivity index is 1.60. The molecule has 0 aromatic heterocycles. The number of urea groups is 1. The number of likely N-dealkylation sites (tertiary alicyclic amines) is 1. The van der Waals surface area contributed by atoms with E-state index in [1.54, 1.807) is 11.0 Å². The van der Waals surface area contributed by atoms with Gasteiger partial charge in [-0.05, 0) is 49.6 Å². The lowest BCUT2D eigenvalue weighted by molar-refractivity contribution is -0.121. The van der Waals surface area contributed by atoms with Gasteiger partial charge in [-0.15, -0.1) is 0 Å². The average molecular weight is 445 g/mol. The molecular weight excluding hydrogens is 416 g/mol. The maximum absolute atomic E-state index is 12.8. The Labute approximate surface area is 183 Å². The van der Waals surface area contributed by atoms with Gasteiger partial charge in [0.15, 0.2) is 0 Å². The van der Waals surface area contributed by atoms with Gasteiger partial charge in [0, 0.05) is 44.5 Å². The van der Waals surface area contributed by atoms with Gasteiger partial charge in [-0.2, -0.15) is 0 Å². The van der Waals surface area contributed by atoms with Crippen molar-refractivity contribution in [2.75, 3.05) is 37.8 Å². The first-order valence-corrected chi connectivity index (χ1v) is 11.6. The highest BCUT2D eigenvalue weighted by Gasteiger charge is 2.28. The minimum atomic E-state index is -3.59. The number of sulfonamides is 1. The largest absolute Gasteiger partial charge is 0.326 e. The van der Waals surface area contributed by atoms with Gasteiger partial charge in [0.2, 0.25) is 15.9 Å². The number of nitrogens with zero attached hydrogens (tertiary/aromatic N) is 2. The van der Waals surface area contributed by atoms with Crippen molar-refractivity contribution < 1.29 is 18.0 Å². The van der Waals surface area contributed by atoms with E-state index in [4.69, 9.17) is 0 Å². The van der Waals surface area contributed by atoms with Gasteiger partial charge in [-0.1, -0.05) is 24.3 Å². The zero-order chi connectivity index (χ0) is 22.6. The second kappa shape index (κ2) is 9.49. The van der Waals surface area contributed by atoms with Crippen LogP contribution in [0.4, 0.5) is 16.2 Å². The van der Waals surface area contributed by atoms with Crippen LogP contribution in [0.5, 0.6) is 0 Å². The van der Waals surface area contributed by atoms with Gasteiger partial charge in [0.05, 0.1) is 4.90 Å². The summed E-state index contributed by atoms with van der Waals surface area (Å²) < 4.78 is 25.9. The molecule has 1 heterocycles. The number of carbonyl (C=O) groups is 2. The summed E-state index contributed by atoms with van der Waals surface area (Å²) in [7, 11) is -0.654. The minimum absolute atomic E-state index is 0.130. The number of amides is 3. The number of nitrogens with one attached hydrogen (secondary N) is 2. The van der Waals surface area contributed by atoms with Crippen molar-refractivity contribution in [1.29, 1.82) is 0 Å². The average Bonchev–Trinajstić information content (AvgIpc) is 2.75. The van der Waals surface area contributed by atoms with Crippen LogP contribution in [0.2, 0.25) is 0 Å². The maximum atomic E-state index is 12.8. The molecule has 8 nitrogen and oxygen atoms in total. The number of aryl methyl sites for hydroxylation is 1. The molecule has 2 aromatic carbocycles. The summed E-state index contributed by atoms with van der Waals surface area (Å²) in [6.45, 7) is 2.77. The van der Waals surface area contributed by atoms with E-state index < -0.39 is 10.0 Å². The summed E-state index contributed by atoms with van der Waals surface area (Å²) in [5.74, 6) is -0.403. The molecule has 2 aromatic rings. The summed E-state index contributed by atoms with van der Waals surface area (Å²) in [5, 5.41) is 5.73. The normalized spacial score (nSPS) is 15.0. The summed E-state index contributed by atoms with van der Waals surface area (Å²) in [6, 6.07) is 13.8. The first-order chi connectivity index (χ1) is 14.7. The molecule has 166 valence electrons. The van der Waals surface area contributed by atoms with Crippen molar-refractivity contribution in [2.24, 2.45) is 5.92 Å². The summed E-state index contributed by atoms with van der Waals surface area (Å²) in [4.78, 5) is 27.0. The Bertz CT molecular complexity index is 1050. The smallest absolute Gasteiger partial charge is 0.321 e. The number of para-hydroxylation sites is 1. The molecule has 0 spiro atoms. The van der Waals surface area contributed by atoms with Gasteiger partial charge >= 0.3 is 6.03 Å². The second-order valence-corrected chi connectivity index (χ2v) is 9.96. The first kappa shape index (κ1) is 22.8. The predicted octanol–water partition coefficient (Wildman–Crippen LogP) is 3.13. The van der Waals surface area contributed by atoms with Gasteiger partial charge < -0.3 is 15.5 Å². The molecule has 31 heavy (non-hydrogen) atoms. The third-order valence-electron chi connectivity index (χ3n) is 5.42. The van der Waals surface area contributed by atoms with E-state index in [-0.39, 0.29) is 22.8 Å². The number of anilines is 2. The van der Waals surface area contributed by atoms with Gasteiger partial charge in [-0.3, -0.25) is 4.79 Å². The third-order valence-corrected chi connectivity index (χ3v) is 7.23. The Kier molecular flexibility index (Phi) is 6.97. The van der Waals surface area contributed by atoms with Gasteiger partial charge in [0.25, 0.3) is 0 Å². The van der Waals surface area contributed by atoms with E-state index in [1.807, 2.05) is 37.3 Å². The number of rotatable bonds is 5. The molecule has 0 saturated carbocycles. The van der Waals surface area contributed by atoms with Crippen LogP contribution in [0, 0.1) is 12.8 Å². The Hall–Kier alpha value is -2.91. The predicted molar refractivity (Wildman–Crippen MR) is 120 cm³/mol. The van der Waals surface area contributed by atoms with Crippen molar-refractivity contribution in [2.45, 2.75) is 24.7 Å². The van der Waals surface area contributed by atoms with Crippen molar-refractivity contribution in [3.63, 3.8) is 0 Å². The van der Waals surface area contributed by atoms with Crippen molar-refractivity contribution in [3.05, 3.63) is 54.1 Å². The van der Waals surface area contributed by atoms with Gasteiger partial charge in [-0.25, -0.2) is 17.5 Å². The number of benzene rings is 2. The van der Waals surface area contributed by atoms with Crippen LogP contribution in [-0.2, 0) is 14.8 Å². The molecule has 0 radical (unpaired) electrons. The highest BCUT2D eigenvalue weighted by molar-refractivity contribution is 7.89. The highest BCUT2D eigenvalue weighted by atomic mass is 32.2. The molecule has 1 aliphatic heterocycles. The van der Waals surface area contributed by atoms with E-state index in [9.17, 15) is 18.0 Å². The fraction of sp³-hybridized carbons (Fsp3) is 0.364. The highest BCUT2D eigenvalue weighted by Crippen LogP contribution is 2.25. The summed E-state index contributed by atoms with van der Waals surface area (Å²) in [6.07, 6.45) is 1.09. The Morgan fingerprint density at radius 2 is 1.65 bits per heavy atom. The third kappa shape index (κ3) is 5.42. The Morgan fingerprint density at radius 3 is 2.26 bits per heavy atom. The number of hydrogen-bond donors (Lipinski definition) is 2. The molecule has 1 fully saturated rings. The molecule has 0 atom stereocenters. The monoisotopic (exact) mass is 444 g/mol. The summed E-state index contributed by atoms with van der Waals surface area (Å²) >= 11 is 0. The molecule has 0 unspecified atom stereocenters. The van der Waals surface area contributed by atoms with Crippen LogP contribution >= 0.6 is 0 Å². The van der Waals surface area contributed by atoms with E-state index in [0.29, 0.717) is 31.6 Å².